The number of nitrogens with one attached hydrogen (secondary N) is 2. The molecule has 0 fully saturated rings. The van der Waals surface area contributed by atoms with E-state index in [0.717, 1.165) is 22.9 Å². The fraction of sp³-hybridized carbons (Fsp3) is 0.111. The van der Waals surface area contributed by atoms with Crippen LogP contribution >= 0.6 is 0 Å². The highest BCUT2D eigenvalue weighted by molar-refractivity contribution is 5.63. The normalized spacial score (nSPS) is 10.2. The second-order valence-corrected chi connectivity index (χ2v) is 5.14. The van der Waals surface area contributed by atoms with Crippen molar-refractivity contribution in [3.8, 4) is 5.75 Å². The summed E-state index contributed by atoms with van der Waals surface area (Å²) in [5.74, 6) is 2.24. The van der Waals surface area contributed by atoms with Crippen LogP contribution in [0, 0.1) is 6.92 Å². The molecule has 0 radical (unpaired) electrons. The molecule has 0 saturated carbocycles. The molecule has 0 aliphatic heterocycles. The summed E-state index contributed by atoms with van der Waals surface area (Å²) in [5.41, 5.74) is 3.10. The summed E-state index contributed by atoms with van der Waals surface area (Å²) in [6.45, 7) is 2.06. The number of benzene rings is 2. The van der Waals surface area contributed by atoms with Crippen LogP contribution in [0.15, 0.2) is 60.9 Å². The molecule has 0 amide bonds. The molecule has 3 aromatic rings. The summed E-state index contributed by atoms with van der Waals surface area (Å²) in [7, 11) is 1.65. The SMILES string of the molecule is COc1cccc(Nc2cc(Nc3cccc(C)c3)ncn2)c1. The van der Waals surface area contributed by atoms with E-state index < -0.39 is 0 Å². The maximum Gasteiger partial charge on any atom is 0.135 e. The fourth-order valence-electron chi connectivity index (χ4n) is 2.21. The maximum atomic E-state index is 5.22. The molecule has 116 valence electrons. The zero-order chi connectivity index (χ0) is 16.1. The Kier molecular flexibility index (Phi) is 4.38. The van der Waals surface area contributed by atoms with Crippen molar-refractivity contribution in [3.05, 3.63) is 66.5 Å². The first-order valence-electron chi connectivity index (χ1n) is 7.30. The Morgan fingerprint density at radius 3 is 2.13 bits per heavy atom. The number of nitrogens with zero attached hydrogens (tertiary/aromatic N) is 2. The first-order valence-corrected chi connectivity index (χ1v) is 7.30. The molecule has 1 aromatic heterocycles. The van der Waals surface area contributed by atoms with Gasteiger partial charge in [0.25, 0.3) is 0 Å². The van der Waals surface area contributed by atoms with Crippen LogP contribution in [0.3, 0.4) is 0 Å². The molecule has 2 N–H and O–H groups in total. The number of aryl methyl sites for hydroxylation is 1. The van der Waals surface area contributed by atoms with Gasteiger partial charge in [0.15, 0.2) is 0 Å². The Labute approximate surface area is 135 Å². The van der Waals surface area contributed by atoms with Crippen molar-refractivity contribution < 1.29 is 4.74 Å². The van der Waals surface area contributed by atoms with E-state index in [1.807, 2.05) is 42.5 Å². The number of hydrogen-bond donors (Lipinski definition) is 2. The highest BCUT2D eigenvalue weighted by Crippen LogP contribution is 2.22. The van der Waals surface area contributed by atoms with E-state index in [4.69, 9.17) is 4.74 Å². The van der Waals surface area contributed by atoms with Gasteiger partial charge in [-0.1, -0.05) is 18.2 Å². The Bertz CT molecular complexity index is 804. The molecule has 0 aliphatic carbocycles. The van der Waals surface area contributed by atoms with Crippen LogP contribution in [0.5, 0.6) is 5.75 Å². The molecule has 23 heavy (non-hydrogen) atoms. The van der Waals surface area contributed by atoms with E-state index in [0.29, 0.717) is 5.82 Å². The van der Waals surface area contributed by atoms with Crippen molar-refractivity contribution in [2.75, 3.05) is 17.7 Å². The summed E-state index contributed by atoms with van der Waals surface area (Å²) in [5, 5.41) is 6.52. The number of rotatable bonds is 5. The number of anilines is 4. The van der Waals surface area contributed by atoms with E-state index in [2.05, 4.69) is 39.7 Å². The molecule has 0 spiro atoms. The van der Waals surface area contributed by atoms with Crippen LogP contribution < -0.4 is 15.4 Å². The van der Waals surface area contributed by atoms with Crippen LogP contribution in [0.2, 0.25) is 0 Å². The molecular weight excluding hydrogens is 288 g/mol. The van der Waals surface area contributed by atoms with Gasteiger partial charge in [0.05, 0.1) is 7.11 Å². The minimum absolute atomic E-state index is 0.711. The lowest BCUT2D eigenvalue weighted by molar-refractivity contribution is 0.415. The van der Waals surface area contributed by atoms with Gasteiger partial charge in [0.2, 0.25) is 0 Å². The Morgan fingerprint density at radius 2 is 1.48 bits per heavy atom. The number of aromatic nitrogens is 2. The zero-order valence-corrected chi connectivity index (χ0v) is 13.1. The van der Waals surface area contributed by atoms with Crippen molar-refractivity contribution in [2.24, 2.45) is 0 Å². The average Bonchev–Trinajstić information content (AvgIpc) is 2.55. The van der Waals surface area contributed by atoms with Gasteiger partial charge >= 0.3 is 0 Å². The predicted octanol–water partition coefficient (Wildman–Crippen LogP) is 4.28. The molecule has 0 saturated heterocycles. The van der Waals surface area contributed by atoms with Gasteiger partial charge in [-0.05, 0) is 36.8 Å². The standard InChI is InChI=1S/C18H18N4O/c1-13-5-3-6-14(9-13)21-17-11-18(20-12-19-17)22-15-7-4-8-16(10-15)23-2/h3-12H,1-2H3,(H2,19,20,21,22). The quantitative estimate of drug-likeness (QED) is 0.736. The summed E-state index contributed by atoms with van der Waals surface area (Å²) in [6, 6.07) is 17.7. The third kappa shape index (κ3) is 3.97. The molecule has 0 bridgehead atoms. The van der Waals surface area contributed by atoms with Gasteiger partial charge < -0.3 is 15.4 Å². The molecule has 0 unspecified atom stereocenters. The van der Waals surface area contributed by atoms with Gasteiger partial charge in [0.1, 0.15) is 23.7 Å². The van der Waals surface area contributed by atoms with Crippen LogP contribution in [0.4, 0.5) is 23.0 Å². The van der Waals surface area contributed by atoms with Crippen LogP contribution in [0.1, 0.15) is 5.56 Å². The number of methoxy groups -OCH3 is 1. The van der Waals surface area contributed by atoms with Gasteiger partial charge in [-0.15, -0.1) is 0 Å². The summed E-state index contributed by atoms with van der Waals surface area (Å²) in [4.78, 5) is 8.50. The van der Waals surface area contributed by atoms with Crippen molar-refractivity contribution in [3.63, 3.8) is 0 Å². The lowest BCUT2D eigenvalue weighted by Gasteiger charge is -2.10. The average molecular weight is 306 g/mol. The molecule has 5 heteroatoms. The smallest absolute Gasteiger partial charge is 0.135 e. The minimum Gasteiger partial charge on any atom is -0.497 e. The molecular formula is C18H18N4O. The fourth-order valence-corrected chi connectivity index (χ4v) is 2.21. The van der Waals surface area contributed by atoms with Crippen LogP contribution in [-0.2, 0) is 0 Å². The highest BCUT2D eigenvalue weighted by Gasteiger charge is 2.02. The van der Waals surface area contributed by atoms with Crippen molar-refractivity contribution >= 4 is 23.0 Å². The second-order valence-electron chi connectivity index (χ2n) is 5.14. The first-order chi connectivity index (χ1) is 11.2. The van der Waals surface area contributed by atoms with E-state index in [1.165, 1.54) is 11.9 Å². The van der Waals surface area contributed by atoms with E-state index in [9.17, 15) is 0 Å². The zero-order valence-electron chi connectivity index (χ0n) is 13.1. The maximum absolute atomic E-state index is 5.22. The summed E-state index contributed by atoms with van der Waals surface area (Å²) in [6.07, 6.45) is 1.53. The van der Waals surface area contributed by atoms with Crippen molar-refractivity contribution in [1.82, 2.24) is 9.97 Å². The number of hydrogen-bond acceptors (Lipinski definition) is 5. The molecule has 2 aromatic carbocycles. The monoisotopic (exact) mass is 306 g/mol. The third-order valence-electron chi connectivity index (χ3n) is 3.30. The molecule has 3 rings (SSSR count). The van der Waals surface area contributed by atoms with Crippen molar-refractivity contribution in [2.45, 2.75) is 6.92 Å². The van der Waals surface area contributed by atoms with Gasteiger partial charge in [-0.25, -0.2) is 9.97 Å². The van der Waals surface area contributed by atoms with E-state index in [1.54, 1.807) is 7.11 Å². The molecule has 5 nitrogen and oxygen atoms in total. The van der Waals surface area contributed by atoms with E-state index >= 15 is 0 Å². The lowest BCUT2D eigenvalue weighted by atomic mass is 10.2. The second kappa shape index (κ2) is 6.79. The van der Waals surface area contributed by atoms with E-state index in [-0.39, 0.29) is 0 Å². The lowest BCUT2D eigenvalue weighted by Crippen LogP contribution is -1.98. The van der Waals surface area contributed by atoms with Crippen LogP contribution in [0.25, 0.3) is 0 Å². The highest BCUT2D eigenvalue weighted by atomic mass is 16.5. The third-order valence-corrected chi connectivity index (χ3v) is 3.30. The molecule has 0 aliphatic rings. The summed E-state index contributed by atoms with van der Waals surface area (Å²) >= 11 is 0. The Balaban J connectivity index is 1.76. The molecule has 1 heterocycles. The minimum atomic E-state index is 0.711. The summed E-state index contributed by atoms with van der Waals surface area (Å²) < 4.78 is 5.22. The largest absolute Gasteiger partial charge is 0.497 e. The molecule has 0 atom stereocenters. The topological polar surface area (TPSA) is 59.1 Å². The van der Waals surface area contributed by atoms with Crippen molar-refractivity contribution in [1.29, 1.82) is 0 Å². The Morgan fingerprint density at radius 1 is 0.826 bits per heavy atom. The van der Waals surface area contributed by atoms with Gasteiger partial charge in [-0.3, -0.25) is 0 Å². The number of ether oxygens (including phenoxy) is 1. The predicted molar refractivity (Wildman–Crippen MR) is 92.8 cm³/mol. The van der Waals surface area contributed by atoms with Gasteiger partial charge in [0, 0.05) is 23.5 Å². The Hall–Kier alpha value is -3.08. The first kappa shape index (κ1) is 14.8. The van der Waals surface area contributed by atoms with Crippen LogP contribution in [-0.4, -0.2) is 17.1 Å². The van der Waals surface area contributed by atoms with Gasteiger partial charge in [-0.2, -0.15) is 0 Å².